The number of anilines is 1. The van der Waals surface area contributed by atoms with Gasteiger partial charge >= 0.3 is 0 Å². The monoisotopic (exact) mass is 341 g/mol. The fraction of sp³-hybridized carbons (Fsp3) is 0.333. The van der Waals surface area contributed by atoms with Gasteiger partial charge in [0.2, 0.25) is 0 Å². The zero-order valence-electron chi connectivity index (χ0n) is 13.5. The molecule has 0 aliphatic heterocycles. The highest BCUT2D eigenvalue weighted by molar-refractivity contribution is 7.18. The van der Waals surface area contributed by atoms with E-state index in [4.69, 9.17) is 4.74 Å². The summed E-state index contributed by atoms with van der Waals surface area (Å²) in [5, 5.41) is 4.08. The van der Waals surface area contributed by atoms with E-state index in [-0.39, 0.29) is 5.56 Å². The molecular formula is C18H19N3O2S. The Morgan fingerprint density at radius 2 is 2.12 bits per heavy atom. The molecule has 2 N–H and O–H groups in total. The minimum Gasteiger partial charge on any atom is -0.495 e. The molecule has 0 fully saturated rings. The van der Waals surface area contributed by atoms with Crippen molar-refractivity contribution in [2.75, 3.05) is 12.4 Å². The molecule has 0 unspecified atom stereocenters. The molecule has 0 saturated carbocycles. The van der Waals surface area contributed by atoms with E-state index in [0.29, 0.717) is 12.4 Å². The number of aryl methyl sites for hydroxylation is 2. The van der Waals surface area contributed by atoms with Crippen LogP contribution in [0, 0.1) is 0 Å². The number of nitrogens with zero attached hydrogens (tertiary/aromatic N) is 1. The molecular weight excluding hydrogens is 322 g/mol. The summed E-state index contributed by atoms with van der Waals surface area (Å²) in [6.45, 7) is 0.453. The van der Waals surface area contributed by atoms with Gasteiger partial charge in [-0.3, -0.25) is 4.79 Å². The van der Waals surface area contributed by atoms with Crippen molar-refractivity contribution >= 4 is 27.2 Å². The van der Waals surface area contributed by atoms with Crippen molar-refractivity contribution in [3.8, 4) is 5.75 Å². The number of benzene rings is 1. The smallest absolute Gasteiger partial charge is 0.259 e. The lowest BCUT2D eigenvalue weighted by Crippen LogP contribution is -2.15. The number of nitrogens with one attached hydrogen (secondary N) is 2. The Balaban J connectivity index is 1.64. The summed E-state index contributed by atoms with van der Waals surface area (Å²) in [5.41, 5.74) is 2.09. The van der Waals surface area contributed by atoms with Crippen molar-refractivity contribution in [1.82, 2.24) is 9.97 Å². The third kappa shape index (κ3) is 2.67. The third-order valence-corrected chi connectivity index (χ3v) is 5.61. The number of aromatic amines is 1. The summed E-state index contributed by atoms with van der Waals surface area (Å²) in [6, 6.07) is 7.71. The van der Waals surface area contributed by atoms with Crippen LogP contribution in [0.25, 0.3) is 10.2 Å². The second-order valence-corrected chi connectivity index (χ2v) is 7.04. The van der Waals surface area contributed by atoms with Crippen molar-refractivity contribution in [2.24, 2.45) is 0 Å². The zero-order chi connectivity index (χ0) is 16.5. The van der Waals surface area contributed by atoms with Gasteiger partial charge in [-0.25, -0.2) is 4.98 Å². The van der Waals surface area contributed by atoms with Gasteiger partial charge in [0.05, 0.1) is 24.7 Å². The number of hydrogen-bond donors (Lipinski definition) is 2. The lowest BCUT2D eigenvalue weighted by Gasteiger charge is -2.10. The number of rotatable bonds is 4. The molecule has 0 atom stereocenters. The number of methoxy groups -OCH3 is 1. The normalized spacial score (nSPS) is 13.7. The second kappa shape index (κ2) is 6.28. The number of aromatic nitrogens is 2. The van der Waals surface area contributed by atoms with E-state index in [2.05, 4.69) is 15.3 Å². The number of thiophene rings is 1. The van der Waals surface area contributed by atoms with Crippen molar-refractivity contribution in [3.05, 3.63) is 50.9 Å². The molecule has 4 rings (SSSR count). The van der Waals surface area contributed by atoms with E-state index in [9.17, 15) is 4.79 Å². The molecule has 3 aromatic rings. The molecule has 124 valence electrons. The van der Waals surface area contributed by atoms with E-state index in [1.807, 2.05) is 24.3 Å². The van der Waals surface area contributed by atoms with Crippen LogP contribution in [-0.2, 0) is 19.4 Å². The van der Waals surface area contributed by atoms with Crippen molar-refractivity contribution < 1.29 is 4.74 Å². The summed E-state index contributed by atoms with van der Waals surface area (Å²) >= 11 is 1.67. The average molecular weight is 341 g/mol. The van der Waals surface area contributed by atoms with E-state index in [1.165, 1.54) is 16.9 Å². The van der Waals surface area contributed by atoms with Crippen LogP contribution in [0.5, 0.6) is 5.75 Å². The highest BCUT2D eigenvalue weighted by atomic mass is 32.1. The van der Waals surface area contributed by atoms with Gasteiger partial charge in [-0.2, -0.15) is 0 Å². The number of hydrogen-bond acceptors (Lipinski definition) is 5. The number of ether oxygens (including phenoxy) is 1. The van der Waals surface area contributed by atoms with Gasteiger partial charge in [0.1, 0.15) is 16.4 Å². The van der Waals surface area contributed by atoms with E-state index < -0.39 is 0 Å². The van der Waals surface area contributed by atoms with Crippen LogP contribution in [-0.4, -0.2) is 17.1 Å². The van der Waals surface area contributed by atoms with Gasteiger partial charge in [0.25, 0.3) is 5.56 Å². The van der Waals surface area contributed by atoms with Gasteiger partial charge in [-0.15, -0.1) is 11.3 Å². The van der Waals surface area contributed by atoms with Crippen LogP contribution < -0.4 is 15.6 Å². The van der Waals surface area contributed by atoms with E-state index >= 15 is 0 Å². The quantitative estimate of drug-likeness (QED) is 0.762. The second-order valence-electron chi connectivity index (χ2n) is 5.96. The summed E-state index contributed by atoms with van der Waals surface area (Å²) < 4.78 is 5.33. The molecule has 5 nitrogen and oxygen atoms in total. The maximum atomic E-state index is 12.5. The fourth-order valence-corrected chi connectivity index (χ4v) is 4.54. The van der Waals surface area contributed by atoms with Crippen LogP contribution in [0.4, 0.5) is 5.69 Å². The first-order valence-corrected chi connectivity index (χ1v) is 8.98. The Bertz CT molecular complexity index is 945. The van der Waals surface area contributed by atoms with Crippen LogP contribution in [0.15, 0.2) is 29.1 Å². The van der Waals surface area contributed by atoms with Gasteiger partial charge in [0, 0.05) is 4.88 Å². The van der Waals surface area contributed by atoms with Crippen LogP contribution in [0.3, 0.4) is 0 Å². The first kappa shape index (κ1) is 15.2. The largest absolute Gasteiger partial charge is 0.495 e. The Morgan fingerprint density at radius 1 is 1.29 bits per heavy atom. The van der Waals surface area contributed by atoms with Crippen molar-refractivity contribution in [1.29, 1.82) is 0 Å². The third-order valence-electron chi connectivity index (χ3n) is 4.43. The van der Waals surface area contributed by atoms with Crippen LogP contribution >= 0.6 is 11.3 Å². The molecule has 0 amide bonds. The van der Waals surface area contributed by atoms with Gasteiger partial charge in [-0.1, -0.05) is 12.1 Å². The van der Waals surface area contributed by atoms with Gasteiger partial charge in [-0.05, 0) is 43.4 Å². The molecule has 1 aromatic carbocycles. The standard InChI is InChI=1S/C18H19N3O2S/c1-23-13-8-4-3-7-12(13)19-10-15-20-17(22)16-11-6-2-5-9-14(11)24-18(16)21-15/h3-4,7-8,19H,2,5-6,9-10H2,1H3,(H,20,21,22). The predicted octanol–water partition coefficient (Wildman–Crippen LogP) is 3.48. The van der Waals surface area contributed by atoms with E-state index in [0.717, 1.165) is 40.9 Å². The molecule has 0 spiro atoms. The topological polar surface area (TPSA) is 67.0 Å². The fourth-order valence-electron chi connectivity index (χ4n) is 3.26. The zero-order valence-corrected chi connectivity index (χ0v) is 14.3. The number of fused-ring (bicyclic) bond motifs is 3. The van der Waals surface area contributed by atoms with Crippen molar-refractivity contribution in [2.45, 2.75) is 32.2 Å². The Labute approximate surface area is 143 Å². The molecule has 0 radical (unpaired) electrons. The minimum absolute atomic E-state index is 0.0174. The highest BCUT2D eigenvalue weighted by Crippen LogP contribution is 2.33. The lowest BCUT2D eigenvalue weighted by atomic mass is 9.97. The summed E-state index contributed by atoms with van der Waals surface area (Å²) in [7, 11) is 1.64. The Morgan fingerprint density at radius 3 is 3.00 bits per heavy atom. The highest BCUT2D eigenvalue weighted by Gasteiger charge is 2.19. The molecule has 2 aromatic heterocycles. The molecule has 2 heterocycles. The van der Waals surface area contributed by atoms with Gasteiger partial charge < -0.3 is 15.0 Å². The van der Waals surface area contributed by atoms with Crippen LogP contribution in [0.1, 0.15) is 29.1 Å². The summed E-state index contributed by atoms with van der Waals surface area (Å²) in [6.07, 6.45) is 4.44. The minimum atomic E-state index is -0.0174. The van der Waals surface area contributed by atoms with Gasteiger partial charge in [0.15, 0.2) is 0 Å². The van der Waals surface area contributed by atoms with Crippen molar-refractivity contribution in [3.63, 3.8) is 0 Å². The Kier molecular flexibility index (Phi) is 3.98. The molecule has 0 bridgehead atoms. The molecule has 6 heteroatoms. The first-order valence-electron chi connectivity index (χ1n) is 8.16. The summed E-state index contributed by atoms with van der Waals surface area (Å²) in [4.78, 5) is 22.3. The number of para-hydroxylation sites is 2. The molecule has 0 saturated heterocycles. The maximum Gasteiger partial charge on any atom is 0.259 e. The average Bonchev–Trinajstić information content (AvgIpc) is 2.99. The maximum absolute atomic E-state index is 12.5. The first-order chi connectivity index (χ1) is 11.8. The molecule has 1 aliphatic rings. The summed E-state index contributed by atoms with van der Waals surface area (Å²) in [5.74, 6) is 1.42. The van der Waals surface area contributed by atoms with E-state index in [1.54, 1.807) is 18.4 Å². The SMILES string of the molecule is COc1ccccc1NCc1nc2sc3c(c2c(=O)[nH]1)CCCC3. The molecule has 1 aliphatic carbocycles. The number of H-pyrrole nitrogens is 1. The predicted molar refractivity (Wildman–Crippen MR) is 97.2 cm³/mol. The molecule has 24 heavy (non-hydrogen) atoms. The Hall–Kier alpha value is -2.34. The lowest BCUT2D eigenvalue weighted by molar-refractivity contribution is 0.416. The van der Waals surface area contributed by atoms with Crippen LogP contribution in [0.2, 0.25) is 0 Å².